The largest absolute Gasteiger partial charge is 0.466 e. The highest BCUT2D eigenvalue weighted by atomic mass is 35.5. The molecule has 1 aromatic carbocycles. The van der Waals surface area contributed by atoms with Gasteiger partial charge in [-0.2, -0.15) is 0 Å². The van der Waals surface area contributed by atoms with Crippen LogP contribution < -0.4 is 0 Å². The zero-order valence-electron chi connectivity index (χ0n) is 14.3. The number of halogens is 1. The van der Waals surface area contributed by atoms with Crippen molar-refractivity contribution < 1.29 is 9.53 Å². The molecule has 126 valence electrons. The number of ether oxygens (including phenoxy) is 1. The first kappa shape index (κ1) is 20.9. The van der Waals surface area contributed by atoms with Crippen molar-refractivity contribution in [3.05, 3.63) is 35.4 Å². The standard InChI is InChI=1S/C18H29NO2.ClH/c1-5-19(13-7-8-18(20)21-6-2)16(4)14-17-11-9-15(3)10-12-17;/h9-12,16H,5-8,13-14H2,1-4H3;1H. The van der Waals surface area contributed by atoms with Crippen LogP contribution >= 0.6 is 12.4 Å². The van der Waals surface area contributed by atoms with Gasteiger partial charge in [-0.3, -0.25) is 4.79 Å². The molecule has 0 aliphatic heterocycles. The minimum atomic E-state index is -0.0836. The van der Waals surface area contributed by atoms with Crippen molar-refractivity contribution >= 4 is 18.4 Å². The number of nitrogens with zero attached hydrogens (tertiary/aromatic N) is 1. The van der Waals surface area contributed by atoms with Crippen LogP contribution in [0.5, 0.6) is 0 Å². The second-order valence-corrected chi connectivity index (χ2v) is 5.58. The fraction of sp³-hybridized carbons (Fsp3) is 0.611. The number of esters is 1. The van der Waals surface area contributed by atoms with Crippen molar-refractivity contribution in [3.8, 4) is 0 Å². The van der Waals surface area contributed by atoms with E-state index in [4.69, 9.17) is 4.74 Å². The van der Waals surface area contributed by atoms with Gasteiger partial charge in [0.05, 0.1) is 6.61 Å². The molecule has 0 fully saturated rings. The van der Waals surface area contributed by atoms with Crippen molar-refractivity contribution in [2.24, 2.45) is 0 Å². The molecule has 0 amide bonds. The first-order chi connectivity index (χ1) is 10.1. The Morgan fingerprint density at radius 3 is 2.41 bits per heavy atom. The van der Waals surface area contributed by atoms with Crippen molar-refractivity contribution in [2.75, 3.05) is 19.7 Å². The predicted octanol–water partition coefficient (Wildman–Crippen LogP) is 4.01. The number of rotatable bonds is 9. The first-order valence-corrected chi connectivity index (χ1v) is 8.02. The fourth-order valence-corrected chi connectivity index (χ4v) is 2.54. The number of benzene rings is 1. The van der Waals surface area contributed by atoms with Gasteiger partial charge in [-0.1, -0.05) is 36.8 Å². The molecule has 1 rings (SSSR count). The van der Waals surface area contributed by atoms with Crippen molar-refractivity contribution in [1.82, 2.24) is 4.90 Å². The predicted molar refractivity (Wildman–Crippen MR) is 94.7 cm³/mol. The van der Waals surface area contributed by atoms with Crippen LogP contribution in [-0.4, -0.2) is 36.6 Å². The number of aryl methyl sites for hydroxylation is 1. The third-order valence-corrected chi connectivity index (χ3v) is 3.81. The van der Waals surface area contributed by atoms with Crippen molar-refractivity contribution in [2.45, 2.75) is 53.0 Å². The lowest BCUT2D eigenvalue weighted by Gasteiger charge is -2.28. The van der Waals surface area contributed by atoms with E-state index in [2.05, 4.69) is 49.9 Å². The van der Waals surface area contributed by atoms with Gasteiger partial charge in [0.25, 0.3) is 0 Å². The molecule has 0 aliphatic carbocycles. The average molecular weight is 328 g/mol. The molecule has 0 N–H and O–H groups in total. The molecule has 0 heterocycles. The molecular formula is C18H30ClNO2. The summed E-state index contributed by atoms with van der Waals surface area (Å²) in [4.78, 5) is 13.8. The van der Waals surface area contributed by atoms with E-state index in [1.54, 1.807) is 0 Å². The Balaban J connectivity index is 0.00000441. The highest BCUT2D eigenvalue weighted by Crippen LogP contribution is 2.11. The number of carbonyl (C=O) groups is 1. The van der Waals surface area contributed by atoms with Crippen LogP contribution in [-0.2, 0) is 16.0 Å². The van der Waals surface area contributed by atoms with Gasteiger partial charge in [-0.05, 0) is 52.3 Å². The normalized spacial score (nSPS) is 11.9. The number of hydrogen-bond donors (Lipinski definition) is 0. The van der Waals surface area contributed by atoms with Gasteiger partial charge in [-0.15, -0.1) is 12.4 Å². The molecule has 1 atom stereocenters. The average Bonchev–Trinajstić information content (AvgIpc) is 2.46. The van der Waals surface area contributed by atoms with E-state index in [9.17, 15) is 4.79 Å². The van der Waals surface area contributed by atoms with Gasteiger partial charge in [-0.25, -0.2) is 0 Å². The minimum Gasteiger partial charge on any atom is -0.466 e. The molecule has 0 radical (unpaired) electrons. The molecule has 0 aromatic heterocycles. The highest BCUT2D eigenvalue weighted by molar-refractivity contribution is 5.85. The quantitative estimate of drug-likeness (QED) is 0.642. The number of likely N-dealkylation sites (N-methyl/N-ethyl adjacent to an activating group) is 1. The lowest BCUT2D eigenvalue weighted by atomic mass is 10.0. The van der Waals surface area contributed by atoms with Gasteiger partial charge >= 0.3 is 5.97 Å². The minimum absolute atomic E-state index is 0. The Hall–Kier alpha value is -1.06. The van der Waals surface area contributed by atoms with Gasteiger partial charge < -0.3 is 9.64 Å². The summed E-state index contributed by atoms with van der Waals surface area (Å²) < 4.78 is 4.97. The summed E-state index contributed by atoms with van der Waals surface area (Å²) in [5.74, 6) is -0.0836. The zero-order valence-corrected chi connectivity index (χ0v) is 15.1. The number of hydrogen-bond acceptors (Lipinski definition) is 3. The molecule has 4 heteroatoms. The number of carbonyl (C=O) groups excluding carboxylic acids is 1. The summed E-state index contributed by atoms with van der Waals surface area (Å²) in [7, 11) is 0. The van der Waals surface area contributed by atoms with Gasteiger partial charge in [0.1, 0.15) is 0 Å². The maximum absolute atomic E-state index is 11.4. The molecule has 22 heavy (non-hydrogen) atoms. The molecule has 3 nitrogen and oxygen atoms in total. The summed E-state index contributed by atoms with van der Waals surface area (Å²) in [6, 6.07) is 9.23. The van der Waals surface area contributed by atoms with E-state index >= 15 is 0 Å². The second kappa shape index (κ2) is 11.5. The summed E-state index contributed by atoms with van der Waals surface area (Å²) in [6.07, 6.45) is 2.43. The van der Waals surface area contributed by atoms with Gasteiger partial charge in [0.15, 0.2) is 0 Å². The summed E-state index contributed by atoms with van der Waals surface area (Å²) in [5, 5.41) is 0. The summed E-state index contributed by atoms with van der Waals surface area (Å²) >= 11 is 0. The van der Waals surface area contributed by atoms with E-state index in [-0.39, 0.29) is 18.4 Å². The van der Waals surface area contributed by atoms with Crippen LogP contribution in [0.1, 0.15) is 44.7 Å². The first-order valence-electron chi connectivity index (χ1n) is 8.02. The third-order valence-electron chi connectivity index (χ3n) is 3.81. The Morgan fingerprint density at radius 2 is 1.86 bits per heavy atom. The van der Waals surface area contributed by atoms with Gasteiger partial charge in [0, 0.05) is 12.5 Å². The lowest BCUT2D eigenvalue weighted by Crippen LogP contribution is -2.35. The molecule has 0 bridgehead atoms. The molecule has 1 aromatic rings. The van der Waals surface area contributed by atoms with E-state index in [0.29, 0.717) is 19.1 Å². The van der Waals surface area contributed by atoms with E-state index in [0.717, 1.165) is 25.9 Å². The van der Waals surface area contributed by atoms with Crippen molar-refractivity contribution in [3.63, 3.8) is 0 Å². The van der Waals surface area contributed by atoms with Crippen molar-refractivity contribution in [1.29, 1.82) is 0 Å². The molecule has 0 saturated carbocycles. The fourth-order valence-electron chi connectivity index (χ4n) is 2.54. The van der Waals surface area contributed by atoms with E-state index < -0.39 is 0 Å². The summed E-state index contributed by atoms with van der Waals surface area (Å²) in [5.41, 5.74) is 2.67. The van der Waals surface area contributed by atoms with Crippen LogP contribution in [0.25, 0.3) is 0 Å². The Bertz CT molecular complexity index is 420. The molecular weight excluding hydrogens is 298 g/mol. The van der Waals surface area contributed by atoms with E-state index in [1.165, 1.54) is 11.1 Å². The Morgan fingerprint density at radius 1 is 1.23 bits per heavy atom. The Kier molecular flexibility index (Phi) is 10.9. The van der Waals surface area contributed by atoms with Gasteiger partial charge in [0.2, 0.25) is 0 Å². The monoisotopic (exact) mass is 327 g/mol. The third kappa shape index (κ3) is 7.81. The van der Waals surface area contributed by atoms with Crippen LogP contribution in [0.4, 0.5) is 0 Å². The smallest absolute Gasteiger partial charge is 0.305 e. The van der Waals surface area contributed by atoms with Crippen LogP contribution in [0.15, 0.2) is 24.3 Å². The topological polar surface area (TPSA) is 29.5 Å². The van der Waals surface area contributed by atoms with Crippen LogP contribution in [0.3, 0.4) is 0 Å². The molecule has 0 aliphatic rings. The second-order valence-electron chi connectivity index (χ2n) is 5.58. The molecule has 0 saturated heterocycles. The highest BCUT2D eigenvalue weighted by Gasteiger charge is 2.13. The SMILES string of the molecule is CCOC(=O)CCCN(CC)C(C)Cc1ccc(C)cc1.Cl. The zero-order chi connectivity index (χ0) is 15.7. The van der Waals surface area contributed by atoms with E-state index in [1.807, 2.05) is 6.92 Å². The van der Waals surface area contributed by atoms with Crippen LogP contribution in [0, 0.1) is 6.92 Å². The maximum atomic E-state index is 11.4. The molecule has 0 spiro atoms. The summed E-state index contributed by atoms with van der Waals surface area (Å²) in [6.45, 7) is 10.8. The molecule has 1 unspecified atom stereocenters. The lowest BCUT2D eigenvalue weighted by molar-refractivity contribution is -0.143. The maximum Gasteiger partial charge on any atom is 0.305 e. The van der Waals surface area contributed by atoms with Crippen LogP contribution in [0.2, 0.25) is 0 Å². The Labute approximate surface area is 141 Å².